The maximum Gasteiger partial charge on any atom is 0.336 e. The van der Waals surface area contributed by atoms with Crippen molar-refractivity contribution in [3.8, 4) is 17.2 Å². The Morgan fingerprint density at radius 1 is 1.06 bits per heavy atom. The lowest BCUT2D eigenvalue weighted by molar-refractivity contribution is 0.0639. The summed E-state index contributed by atoms with van der Waals surface area (Å²) < 4.78 is 22.4. The van der Waals surface area contributed by atoms with Gasteiger partial charge >= 0.3 is 5.97 Å². The predicted octanol–water partition coefficient (Wildman–Crippen LogP) is 5.04. The minimum absolute atomic E-state index is 0.266. The molecular weight excluding hydrogens is 410 g/mol. The molecule has 170 valence electrons. The van der Waals surface area contributed by atoms with Crippen molar-refractivity contribution >= 4 is 5.97 Å². The number of rotatable bonds is 12. The first-order valence-corrected chi connectivity index (χ1v) is 10.6. The summed E-state index contributed by atoms with van der Waals surface area (Å²) in [5.41, 5.74) is 3.46. The lowest BCUT2D eigenvalue weighted by Crippen LogP contribution is -2.09. The first-order chi connectivity index (χ1) is 15.5. The Hall–Kier alpha value is -3.16. The molecule has 0 unspecified atom stereocenters. The number of methoxy groups -OCH3 is 1. The molecule has 3 rings (SSSR count). The number of carboxylic acid groups (broad SMARTS) is 1. The third kappa shape index (κ3) is 5.96. The van der Waals surface area contributed by atoms with Crippen molar-refractivity contribution in [3.63, 3.8) is 0 Å². The molecule has 2 aromatic carbocycles. The van der Waals surface area contributed by atoms with E-state index in [1.54, 1.807) is 13.2 Å². The van der Waals surface area contributed by atoms with Crippen LogP contribution >= 0.6 is 0 Å². The first-order valence-electron chi connectivity index (χ1n) is 10.6. The van der Waals surface area contributed by atoms with Gasteiger partial charge < -0.3 is 23.7 Å². The van der Waals surface area contributed by atoms with E-state index in [0.29, 0.717) is 49.7 Å². The highest BCUT2D eigenvalue weighted by molar-refractivity contribution is 5.91. The van der Waals surface area contributed by atoms with Crippen molar-refractivity contribution < 1.29 is 28.5 Å². The zero-order chi connectivity index (χ0) is 22.9. The van der Waals surface area contributed by atoms with E-state index in [1.807, 2.05) is 50.2 Å². The van der Waals surface area contributed by atoms with Crippen LogP contribution in [0.2, 0.25) is 0 Å². The number of aromatic nitrogens is 1. The molecule has 0 bridgehead atoms. The molecule has 0 aliphatic heterocycles. The Balaban J connectivity index is 1.43. The number of carbonyl (C=O) groups is 1. The number of nitrogens with zero attached hydrogens (tertiary/aromatic N) is 1. The molecule has 0 atom stereocenters. The van der Waals surface area contributed by atoms with Crippen LogP contribution < -0.4 is 4.74 Å². The Morgan fingerprint density at radius 3 is 2.50 bits per heavy atom. The number of oxazole rings is 1. The highest BCUT2D eigenvalue weighted by atomic mass is 16.5. The van der Waals surface area contributed by atoms with Gasteiger partial charge in [0.25, 0.3) is 0 Å². The fourth-order valence-corrected chi connectivity index (χ4v) is 3.40. The van der Waals surface area contributed by atoms with E-state index >= 15 is 0 Å². The van der Waals surface area contributed by atoms with Crippen LogP contribution in [0.15, 0.2) is 46.9 Å². The van der Waals surface area contributed by atoms with Crippen LogP contribution in [0, 0.1) is 6.92 Å². The average molecular weight is 440 g/mol. The molecular formula is C25H29NO6. The quantitative estimate of drug-likeness (QED) is 0.395. The smallest absolute Gasteiger partial charge is 0.336 e. The van der Waals surface area contributed by atoms with Crippen molar-refractivity contribution in [1.82, 2.24) is 4.98 Å². The molecule has 0 spiro atoms. The molecule has 0 radical (unpaired) electrons. The molecule has 0 aliphatic rings. The fourth-order valence-electron chi connectivity index (χ4n) is 3.40. The van der Waals surface area contributed by atoms with Crippen molar-refractivity contribution in [2.24, 2.45) is 0 Å². The molecule has 3 aromatic rings. The third-order valence-electron chi connectivity index (χ3n) is 5.11. The molecule has 32 heavy (non-hydrogen) atoms. The Bertz CT molecular complexity index is 1040. The topological polar surface area (TPSA) is 91.0 Å². The van der Waals surface area contributed by atoms with Gasteiger partial charge in [0.2, 0.25) is 5.89 Å². The van der Waals surface area contributed by atoms with Crippen molar-refractivity contribution in [1.29, 1.82) is 0 Å². The van der Waals surface area contributed by atoms with E-state index in [9.17, 15) is 9.90 Å². The van der Waals surface area contributed by atoms with E-state index < -0.39 is 5.97 Å². The van der Waals surface area contributed by atoms with Gasteiger partial charge in [-0.25, -0.2) is 9.78 Å². The summed E-state index contributed by atoms with van der Waals surface area (Å²) in [5, 5.41) is 9.49. The lowest BCUT2D eigenvalue weighted by Gasteiger charge is -2.11. The van der Waals surface area contributed by atoms with Gasteiger partial charge in [-0.15, -0.1) is 0 Å². The Labute approximate surface area is 188 Å². The molecule has 0 aliphatic carbocycles. The van der Waals surface area contributed by atoms with E-state index in [2.05, 4.69) is 4.98 Å². The number of hydrogen-bond acceptors (Lipinski definition) is 6. The number of aromatic carboxylic acids is 1. The minimum Gasteiger partial charge on any atom is -0.497 e. The lowest BCUT2D eigenvalue weighted by atomic mass is 10.00. The normalized spacial score (nSPS) is 11.0. The van der Waals surface area contributed by atoms with Crippen molar-refractivity contribution in [2.75, 3.05) is 20.3 Å². The van der Waals surface area contributed by atoms with Gasteiger partial charge in [0, 0.05) is 18.8 Å². The number of aryl methyl sites for hydroxylation is 2. The van der Waals surface area contributed by atoms with Gasteiger partial charge in [-0.1, -0.05) is 31.2 Å². The summed E-state index contributed by atoms with van der Waals surface area (Å²) in [6, 6.07) is 13.1. The summed E-state index contributed by atoms with van der Waals surface area (Å²) in [7, 11) is 1.62. The van der Waals surface area contributed by atoms with Crippen LogP contribution in [0.4, 0.5) is 0 Å². The van der Waals surface area contributed by atoms with Crippen LogP contribution in [0.1, 0.15) is 46.3 Å². The largest absolute Gasteiger partial charge is 0.497 e. The van der Waals surface area contributed by atoms with E-state index in [-0.39, 0.29) is 6.61 Å². The standard InChI is InChI=1S/C25H29NO6/c1-4-18-8-5-10-20(23(18)25(27)28)15-30-12-7-13-31-16-22-17(2)32-24(26-22)19-9-6-11-21(14-19)29-3/h5-6,8-11,14H,4,7,12-13,15-16H2,1-3H3,(H,27,28). The number of benzene rings is 2. The first kappa shape index (κ1) is 23.5. The SMILES string of the molecule is CCc1cccc(COCCCOCc2nc(-c3cccc(OC)c3)oc2C)c1C(=O)O. The van der Waals surface area contributed by atoms with Crippen molar-refractivity contribution in [3.05, 3.63) is 70.6 Å². The van der Waals surface area contributed by atoms with E-state index in [0.717, 1.165) is 28.3 Å². The van der Waals surface area contributed by atoms with Crippen LogP contribution in [0.3, 0.4) is 0 Å². The predicted molar refractivity (Wildman–Crippen MR) is 120 cm³/mol. The minimum atomic E-state index is -0.916. The molecule has 0 fully saturated rings. The second-order valence-corrected chi connectivity index (χ2v) is 7.32. The maximum atomic E-state index is 11.6. The van der Waals surface area contributed by atoms with Gasteiger partial charge in [0.15, 0.2) is 0 Å². The molecule has 1 heterocycles. The van der Waals surface area contributed by atoms with Gasteiger partial charge in [-0.2, -0.15) is 0 Å². The van der Waals surface area contributed by atoms with E-state index in [4.69, 9.17) is 18.6 Å². The zero-order valence-electron chi connectivity index (χ0n) is 18.7. The monoisotopic (exact) mass is 439 g/mol. The molecule has 0 saturated carbocycles. The van der Waals surface area contributed by atoms with Gasteiger partial charge in [0.1, 0.15) is 17.2 Å². The Kier molecular flexibility index (Phi) is 8.41. The molecule has 7 nitrogen and oxygen atoms in total. The second-order valence-electron chi connectivity index (χ2n) is 7.32. The highest BCUT2D eigenvalue weighted by Gasteiger charge is 2.14. The third-order valence-corrected chi connectivity index (χ3v) is 5.11. The van der Waals surface area contributed by atoms with Crippen LogP contribution in [-0.2, 0) is 29.1 Å². The molecule has 7 heteroatoms. The average Bonchev–Trinajstić information content (AvgIpc) is 3.18. The fraction of sp³-hybridized carbons (Fsp3) is 0.360. The summed E-state index contributed by atoms with van der Waals surface area (Å²) in [6.45, 7) is 5.40. The van der Waals surface area contributed by atoms with E-state index in [1.165, 1.54) is 0 Å². The maximum absolute atomic E-state index is 11.6. The van der Waals surface area contributed by atoms with Crippen LogP contribution in [0.25, 0.3) is 11.5 Å². The van der Waals surface area contributed by atoms with Gasteiger partial charge in [-0.05, 0) is 49.1 Å². The van der Waals surface area contributed by atoms with Gasteiger partial charge in [-0.3, -0.25) is 0 Å². The molecule has 0 saturated heterocycles. The number of ether oxygens (including phenoxy) is 3. The molecule has 0 amide bonds. The number of hydrogen-bond donors (Lipinski definition) is 1. The molecule has 1 N–H and O–H groups in total. The summed E-state index contributed by atoms with van der Waals surface area (Å²) >= 11 is 0. The van der Waals surface area contributed by atoms with Gasteiger partial charge in [0.05, 0.1) is 25.9 Å². The summed E-state index contributed by atoms with van der Waals surface area (Å²) in [4.78, 5) is 16.1. The van der Waals surface area contributed by atoms with Crippen LogP contribution in [0.5, 0.6) is 5.75 Å². The summed E-state index contributed by atoms with van der Waals surface area (Å²) in [5.74, 6) is 1.08. The molecule has 1 aromatic heterocycles. The summed E-state index contributed by atoms with van der Waals surface area (Å²) in [6.07, 6.45) is 1.36. The second kappa shape index (κ2) is 11.5. The zero-order valence-corrected chi connectivity index (χ0v) is 18.7. The van der Waals surface area contributed by atoms with Crippen LogP contribution in [-0.4, -0.2) is 36.4 Å². The Morgan fingerprint density at radius 2 is 1.78 bits per heavy atom. The highest BCUT2D eigenvalue weighted by Crippen LogP contribution is 2.25. The van der Waals surface area contributed by atoms with Crippen molar-refractivity contribution in [2.45, 2.75) is 39.9 Å². The number of carboxylic acids is 1.